The van der Waals surface area contributed by atoms with Crippen molar-refractivity contribution in [3.8, 4) is 0 Å². The lowest BCUT2D eigenvalue weighted by atomic mass is 10.2. The molecule has 18 heavy (non-hydrogen) atoms. The Morgan fingerprint density at radius 3 is 3.00 bits per heavy atom. The molecule has 2 heterocycles. The number of thiophene rings is 1. The number of carboxylic acids is 1. The fourth-order valence-corrected chi connectivity index (χ4v) is 2.79. The van der Waals surface area contributed by atoms with Gasteiger partial charge in [-0.3, -0.25) is 4.68 Å². The van der Waals surface area contributed by atoms with Gasteiger partial charge in [0.2, 0.25) is 0 Å². The van der Waals surface area contributed by atoms with Crippen LogP contribution < -0.4 is 0 Å². The van der Waals surface area contributed by atoms with Crippen molar-refractivity contribution in [2.45, 2.75) is 31.7 Å². The van der Waals surface area contributed by atoms with Crippen molar-refractivity contribution in [1.82, 2.24) is 9.78 Å². The second kappa shape index (κ2) is 4.57. The fraction of sp³-hybridized carbons (Fsp3) is 0.385. The number of carbonyl (C=O) groups is 1. The molecule has 1 aliphatic carbocycles. The zero-order valence-corrected chi connectivity index (χ0v) is 10.7. The first-order chi connectivity index (χ1) is 8.74. The summed E-state index contributed by atoms with van der Waals surface area (Å²) in [7, 11) is 0. The van der Waals surface area contributed by atoms with E-state index in [0.717, 1.165) is 31.5 Å². The average molecular weight is 262 g/mol. The van der Waals surface area contributed by atoms with Crippen LogP contribution in [-0.4, -0.2) is 20.9 Å². The van der Waals surface area contributed by atoms with Crippen LogP contribution in [0.15, 0.2) is 23.6 Å². The zero-order chi connectivity index (χ0) is 12.5. The summed E-state index contributed by atoms with van der Waals surface area (Å²) >= 11 is 1.73. The highest BCUT2D eigenvalue weighted by Gasteiger charge is 2.29. The minimum Gasteiger partial charge on any atom is -0.476 e. The van der Waals surface area contributed by atoms with E-state index in [1.807, 2.05) is 10.7 Å². The van der Waals surface area contributed by atoms with Gasteiger partial charge >= 0.3 is 5.97 Å². The molecular weight excluding hydrogens is 248 g/mol. The van der Waals surface area contributed by atoms with E-state index >= 15 is 0 Å². The van der Waals surface area contributed by atoms with Crippen molar-refractivity contribution in [3.63, 3.8) is 0 Å². The summed E-state index contributed by atoms with van der Waals surface area (Å²) in [5.41, 5.74) is 1.26. The van der Waals surface area contributed by atoms with Gasteiger partial charge in [-0.15, -0.1) is 11.3 Å². The van der Waals surface area contributed by atoms with E-state index in [4.69, 9.17) is 5.11 Å². The van der Waals surface area contributed by atoms with Gasteiger partial charge in [0, 0.05) is 29.5 Å². The van der Waals surface area contributed by atoms with Gasteiger partial charge < -0.3 is 5.11 Å². The Balaban J connectivity index is 1.79. The summed E-state index contributed by atoms with van der Waals surface area (Å²) in [6, 6.07) is 5.87. The third kappa shape index (κ3) is 2.31. The lowest BCUT2D eigenvalue weighted by Crippen LogP contribution is -2.07. The van der Waals surface area contributed by atoms with Gasteiger partial charge in [-0.2, -0.15) is 5.10 Å². The quantitative estimate of drug-likeness (QED) is 0.901. The van der Waals surface area contributed by atoms with Gasteiger partial charge in [-0.1, -0.05) is 6.07 Å². The van der Waals surface area contributed by atoms with Crippen LogP contribution >= 0.6 is 11.3 Å². The molecule has 0 bridgehead atoms. The molecule has 2 aromatic rings. The van der Waals surface area contributed by atoms with E-state index in [-0.39, 0.29) is 5.69 Å². The van der Waals surface area contributed by atoms with Crippen molar-refractivity contribution in [1.29, 1.82) is 0 Å². The number of nitrogens with zero attached hydrogens (tertiary/aromatic N) is 2. The first-order valence-electron chi connectivity index (χ1n) is 6.07. The van der Waals surface area contributed by atoms with E-state index in [2.05, 4.69) is 16.5 Å². The molecule has 5 heteroatoms. The van der Waals surface area contributed by atoms with Crippen LogP contribution in [0, 0.1) is 0 Å². The van der Waals surface area contributed by atoms with E-state index in [1.165, 1.54) is 4.88 Å². The molecule has 0 spiro atoms. The SMILES string of the molecule is O=C(O)c1cc(C2CC2)n(CCc2cccs2)n1. The second-order valence-corrected chi connectivity index (χ2v) is 5.62. The number of aromatic nitrogens is 2. The normalized spacial score (nSPS) is 14.9. The number of aromatic carboxylic acids is 1. The van der Waals surface area contributed by atoms with Gasteiger partial charge in [0.25, 0.3) is 0 Å². The Hall–Kier alpha value is -1.62. The fourth-order valence-electron chi connectivity index (χ4n) is 2.09. The molecule has 1 aliphatic rings. The third-order valence-corrected chi connectivity index (χ3v) is 4.11. The molecule has 0 atom stereocenters. The molecule has 1 fully saturated rings. The number of rotatable bonds is 5. The first-order valence-corrected chi connectivity index (χ1v) is 6.95. The first kappa shape index (κ1) is 11.5. The summed E-state index contributed by atoms with van der Waals surface area (Å²) in [6.07, 6.45) is 3.23. The van der Waals surface area contributed by atoms with E-state index in [1.54, 1.807) is 17.4 Å². The maximum absolute atomic E-state index is 11.0. The highest BCUT2D eigenvalue weighted by Crippen LogP contribution is 2.40. The summed E-state index contributed by atoms with van der Waals surface area (Å²) in [4.78, 5) is 12.3. The maximum atomic E-state index is 11.0. The van der Waals surface area contributed by atoms with E-state index in [9.17, 15) is 4.79 Å². The highest BCUT2D eigenvalue weighted by molar-refractivity contribution is 7.09. The average Bonchev–Trinajstić information content (AvgIpc) is 2.91. The Bertz CT molecular complexity index is 556. The van der Waals surface area contributed by atoms with Gasteiger partial charge in [-0.25, -0.2) is 4.79 Å². The highest BCUT2D eigenvalue weighted by atomic mass is 32.1. The largest absolute Gasteiger partial charge is 0.476 e. The minimum absolute atomic E-state index is 0.170. The summed E-state index contributed by atoms with van der Waals surface area (Å²) in [6.45, 7) is 0.764. The topological polar surface area (TPSA) is 55.1 Å². The van der Waals surface area contributed by atoms with Crippen LogP contribution in [0.5, 0.6) is 0 Å². The number of aryl methyl sites for hydroxylation is 2. The number of hydrogen-bond donors (Lipinski definition) is 1. The molecule has 1 N–H and O–H groups in total. The van der Waals surface area contributed by atoms with Crippen LogP contribution in [0.25, 0.3) is 0 Å². The second-order valence-electron chi connectivity index (χ2n) is 4.59. The molecule has 1 saturated carbocycles. The van der Waals surface area contributed by atoms with E-state index in [0.29, 0.717) is 5.92 Å². The molecule has 0 aromatic carbocycles. The molecular formula is C13H14N2O2S. The van der Waals surface area contributed by atoms with Crippen LogP contribution in [-0.2, 0) is 13.0 Å². The molecule has 0 radical (unpaired) electrons. The molecule has 0 saturated heterocycles. The maximum Gasteiger partial charge on any atom is 0.356 e. The Kier molecular flexibility index (Phi) is 2.91. The van der Waals surface area contributed by atoms with Crippen molar-refractivity contribution in [2.24, 2.45) is 0 Å². The third-order valence-electron chi connectivity index (χ3n) is 3.18. The number of carboxylic acid groups (broad SMARTS) is 1. The molecule has 2 aromatic heterocycles. The van der Waals surface area contributed by atoms with Gasteiger partial charge in [0.05, 0.1) is 0 Å². The summed E-state index contributed by atoms with van der Waals surface area (Å²) < 4.78 is 1.88. The smallest absolute Gasteiger partial charge is 0.356 e. The van der Waals surface area contributed by atoms with Crippen LogP contribution in [0.2, 0.25) is 0 Å². The lowest BCUT2D eigenvalue weighted by Gasteiger charge is -2.05. The molecule has 0 unspecified atom stereocenters. The molecule has 94 valence electrons. The lowest BCUT2D eigenvalue weighted by molar-refractivity contribution is 0.0689. The molecule has 0 aliphatic heterocycles. The van der Waals surface area contributed by atoms with Crippen molar-refractivity contribution < 1.29 is 9.90 Å². The van der Waals surface area contributed by atoms with Crippen molar-refractivity contribution >= 4 is 17.3 Å². The predicted octanol–water partition coefficient (Wildman–Crippen LogP) is 2.76. The zero-order valence-electron chi connectivity index (χ0n) is 9.87. The van der Waals surface area contributed by atoms with Crippen LogP contribution in [0.1, 0.15) is 39.8 Å². The minimum atomic E-state index is -0.938. The van der Waals surface area contributed by atoms with Gasteiger partial charge in [-0.05, 0) is 30.4 Å². The number of hydrogen-bond acceptors (Lipinski definition) is 3. The van der Waals surface area contributed by atoms with Crippen molar-refractivity contribution in [2.75, 3.05) is 0 Å². The standard InChI is InChI=1S/C13H14N2O2S/c16-13(17)11-8-12(9-3-4-9)15(14-11)6-5-10-2-1-7-18-10/h1-2,7-9H,3-6H2,(H,16,17). The molecule has 4 nitrogen and oxygen atoms in total. The monoisotopic (exact) mass is 262 g/mol. The molecule has 3 rings (SSSR count). The predicted molar refractivity (Wildman–Crippen MR) is 69.2 cm³/mol. The summed E-state index contributed by atoms with van der Waals surface area (Å²) in [5.74, 6) is -0.416. The van der Waals surface area contributed by atoms with Crippen LogP contribution in [0.4, 0.5) is 0 Å². The van der Waals surface area contributed by atoms with Gasteiger partial charge in [0.15, 0.2) is 5.69 Å². The molecule has 0 amide bonds. The van der Waals surface area contributed by atoms with Gasteiger partial charge in [0.1, 0.15) is 0 Å². The Morgan fingerprint density at radius 2 is 2.39 bits per heavy atom. The van der Waals surface area contributed by atoms with E-state index < -0.39 is 5.97 Å². The van der Waals surface area contributed by atoms with Crippen molar-refractivity contribution in [3.05, 3.63) is 39.8 Å². The Labute approximate surface area is 109 Å². The Morgan fingerprint density at radius 1 is 1.56 bits per heavy atom. The summed E-state index contributed by atoms with van der Waals surface area (Å²) in [5, 5.41) is 15.3. The van der Waals surface area contributed by atoms with Crippen LogP contribution in [0.3, 0.4) is 0 Å².